The molecule has 224 valence electrons. The third kappa shape index (κ3) is 6.95. The topological polar surface area (TPSA) is 94.8 Å². The number of halogens is 3. The number of rotatable bonds is 9. The van der Waals surface area contributed by atoms with Gasteiger partial charge < -0.3 is 14.8 Å². The number of carbonyl (C=O) groups excluding carboxylic acids is 1. The Morgan fingerprint density at radius 1 is 0.955 bits per heavy atom. The summed E-state index contributed by atoms with van der Waals surface area (Å²) in [6, 6.07) is 23.3. The first-order valence-corrected chi connectivity index (χ1v) is 13.6. The van der Waals surface area contributed by atoms with Gasteiger partial charge in [-0.2, -0.15) is 22.9 Å². The molecule has 0 saturated heterocycles. The van der Waals surface area contributed by atoms with Gasteiger partial charge in [-0.05, 0) is 74.0 Å². The minimum atomic E-state index is -4.58. The second-order valence-corrected chi connectivity index (χ2v) is 9.73. The van der Waals surface area contributed by atoms with Crippen LogP contribution in [0.3, 0.4) is 0 Å². The fraction of sp³-hybridized carbons (Fsp3) is 0.152. The van der Waals surface area contributed by atoms with Crippen LogP contribution in [0.4, 0.5) is 18.9 Å². The molecule has 1 aromatic heterocycles. The molecular weight excluding hydrogens is 573 g/mol. The van der Waals surface area contributed by atoms with Gasteiger partial charge in [0.1, 0.15) is 0 Å². The van der Waals surface area contributed by atoms with Crippen LogP contribution in [0.25, 0.3) is 22.3 Å². The highest BCUT2D eigenvalue weighted by molar-refractivity contribution is 5.92. The van der Waals surface area contributed by atoms with Crippen LogP contribution in [-0.2, 0) is 11.0 Å². The SMILES string of the molecule is CCOc1cc(C=Nn2c(-c3cccc(C(F)(F)F)c3)nc3ccccc3c2=O)ccc1OCC(=O)Nc1ccc(C)cc1. The van der Waals surface area contributed by atoms with E-state index in [2.05, 4.69) is 15.4 Å². The molecule has 11 heteroatoms. The number of alkyl halides is 3. The van der Waals surface area contributed by atoms with Crippen molar-refractivity contribution >= 4 is 28.7 Å². The van der Waals surface area contributed by atoms with E-state index in [1.165, 1.54) is 18.3 Å². The Balaban J connectivity index is 1.44. The molecule has 0 saturated carbocycles. The largest absolute Gasteiger partial charge is 0.490 e. The predicted molar refractivity (Wildman–Crippen MR) is 162 cm³/mol. The standard InChI is InChI=1S/C33H27F3N4O4/c1-3-43-29-17-22(13-16-28(29)44-20-30(41)38-25-14-11-21(2)12-15-25)19-37-40-31(23-7-6-8-24(18-23)33(34,35)36)39-27-10-5-4-9-26(27)32(40)42/h4-19H,3,20H2,1-2H3,(H,38,41). The van der Waals surface area contributed by atoms with Crippen LogP contribution in [0.1, 0.15) is 23.6 Å². The van der Waals surface area contributed by atoms with Crippen molar-refractivity contribution in [3.8, 4) is 22.9 Å². The monoisotopic (exact) mass is 600 g/mol. The molecule has 0 unspecified atom stereocenters. The van der Waals surface area contributed by atoms with Crippen molar-refractivity contribution in [1.82, 2.24) is 9.66 Å². The van der Waals surface area contributed by atoms with Crippen molar-refractivity contribution in [2.45, 2.75) is 20.0 Å². The molecule has 5 rings (SSSR count). The van der Waals surface area contributed by atoms with Crippen LogP contribution in [-0.4, -0.2) is 35.0 Å². The summed E-state index contributed by atoms with van der Waals surface area (Å²) in [5.74, 6) is 0.242. The maximum Gasteiger partial charge on any atom is 0.416 e. The number of para-hydroxylation sites is 1. The highest BCUT2D eigenvalue weighted by Gasteiger charge is 2.31. The summed E-state index contributed by atoms with van der Waals surface area (Å²) in [4.78, 5) is 30.3. The summed E-state index contributed by atoms with van der Waals surface area (Å²) in [7, 11) is 0. The highest BCUT2D eigenvalue weighted by Crippen LogP contribution is 2.32. The number of benzene rings is 4. The third-order valence-corrected chi connectivity index (χ3v) is 6.49. The zero-order valence-electron chi connectivity index (χ0n) is 23.8. The first kappa shape index (κ1) is 30.0. The van der Waals surface area contributed by atoms with Crippen molar-refractivity contribution in [1.29, 1.82) is 0 Å². The molecule has 1 amide bonds. The van der Waals surface area contributed by atoms with Gasteiger partial charge in [0.2, 0.25) is 0 Å². The van der Waals surface area contributed by atoms with Gasteiger partial charge in [-0.15, -0.1) is 0 Å². The number of hydrogen-bond donors (Lipinski definition) is 1. The first-order chi connectivity index (χ1) is 21.1. The Hall–Kier alpha value is -5.45. The summed E-state index contributed by atoms with van der Waals surface area (Å²) in [6.07, 6.45) is -3.21. The van der Waals surface area contributed by atoms with Gasteiger partial charge in [0.15, 0.2) is 23.9 Å². The van der Waals surface area contributed by atoms with Gasteiger partial charge in [0.25, 0.3) is 11.5 Å². The van der Waals surface area contributed by atoms with Crippen LogP contribution in [0, 0.1) is 6.92 Å². The summed E-state index contributed by atoms with van der Waals surface area (Å²) < 4.78 is 52.8. The number of nitrogens with zero attached hydrogens (tertiary/aromatic N) is 3. The number of carbonyl (C=O) groups is 1. The molecule has 1 heterocycles. The number of fused-ring (bicyclic) bond motifs is 1. The lowest BCUT2D eigenvalue weighted by Crippen LogP contribution is -2.20. The van der Waals surface area contributed by atoms with Crippen molar-refractivity contribution in [3.63, 3.8) is 0 Å². The van der Waals surface area contributed by atoms with Gasteiger partial charge >= 0.3 is 6.18 Å². The van der Waals surface area contributed by atoms with E-state index in [1.807, 2.05) is 19.1 Å². The zero-order chi connectivity index (χ0) is 31.3. The number of nitrogens with one attached hydrogen (secondary N) is 1. The van der Waals surface area contributed by atoms with Crippen molar-refractivity contribution < 1.29 is 27.4 Å². The lowest BCUT2D eigenvalue weighted by atomic mass is 10.1. The Morgan fingerprint density at radius 2 is 1.73 bits per heavy atom. The average molecular weight is 601 g/mol. The molecule has 0 spiro atoms. The fourth-order valence-corrected chi connectivity index (χ4v) is 4.35. The Bertz CT molecular complexity index is 1900. The molecule has 0 bridgehead atoms. The number of hydrogen-bond acceptors (Lipinski definition) is 6. The molecule has 0 aliphatic carbocycles. The molecule has 5 aromatic rings. The number of amides is 1. The van der Waals surface area contributed by atoms with E-state index < -0.39 is 17.3 Å². The van der Waals surface area contributed by atoms with Gasteiger partial charge in [-0.1, -0.05) is 42.0 Å². The van der Waals surface area contributed by atoms with Gasteiger partial charge in [-0.25, -0.2) is 4.98 Å². The Morgan fingerprint density at radius 3 is 2.48 bits per heavy atom. The highest BCUT2D eigenvalue weighted by atomic mass is 19.4. The second-order valence-electron chi connectivity index (χ2n) is 9.73. The maximum absolute atomic E-state index is 13.5. The van der Waals surface area contributed by atoms with E-state index in [9.17, 15) is 22.8 Å². The van der Waals surface area contributed by atoms with Crippen molar-refractivity contribution in [2.75, 3.05) is 18.5 Å². The summed E-state index contributed by atoms with van der Waals surface area (Å²) >= 11 is 0. The van der Waals surface area contributed by atoms with Crippen LogP contribution < -0.4 is 20.3 Å². The van der Waals surface area contributed by atoms with Crippen molar-refractivity contribution in [2.24, 2.45) is 5.10 Å². The van der Waals surface area contributed by atoms with E-state index in [0.29, 0.717) is 34.9 Å². The predicted octanol–water partition coefficient (Wildman–Crippen LogP) is 6.69. The van der Waals surface area contributed by atoms with Crippen molar-refractivity contribution in [3.05, 3.63) is 118 Å². The van der Waals surface area contributed by atoms with Crippen LogP contribution >= 0.6 is 0 Å². The number of aromatic nitrogens is 2. The molecular formula is C33H27F3N4O4. The van der Waals surface area contributed by atoms with E-state index in [1.54, 1.807) is 61.5 Å². The smallest absolute Gasteiger partial charge is 0.416 e. The van der Waals surface area contributed by atoms with Crippen LogP contribution in [0.15, 0.2) is 101 Å². The quantitative estimate of drug-likeness (QED) is 0.190. The van der Waals surface area contributed by atoms with Crippen LogP contribution in [0.2, 0.25) is 0 Å². The first-order valence-electron chi connectivity index (χ1n) is 13.6. The summed E-state index contributed by atoms with van der Waals surface area (Å²) in [5.41, 5.74) is 1.17. The molecule has 0 aliphatic rings. The van der Waals surface area contributed by atoms with E-state index >= 15 is 0 Å². The molecule has 4 aromatic carbocycles. The molecule has 1 N–H and O–H groups in total. The zero-order valence-corrected chi connectivity index (χ0v) is 23.8. The van der Waals surface area contributed by atoms with E-state index in [0.717, 1.165) is 22.4 Å². The Labute approximate surface area is 250 Å². The summed E-state index contributed by atoms with van der Waals surface area (Å²) in [5, 5.41) is 7.34. The number of aryl methyl sites for hydroxylation is 1. The Kier molecular flexibility index (Phi) is 8.75. The molecule has 0 radical (unpaired) electrons. The third-order valence-electron chi connectivity index (χ3n) is 6.49. The summed E-state index contributed by atoms with van der Waals surface area (Å²) in [6.45, 7) is 3.78. The molecule has 0 atom stereocenters. The lowest BCUT2D eigenvalue weighted by Gasteiger charge is -2.13. The maximum atomic E-state index is 13.5. The van der Waals surface area contributed by atoms with E-state index in [-0.39, 0.29) is 29.3 Å². The number of ether oxygens (including phenoxy) is 2. The normalized spacial score (nSPS) is 11.6. The molecule has 8 nitrogen and oxygen atoms in total. The number of anilines is 1. The molecule has 0 fully saturated rings. The second kappa shape index (κ2) is 12.8. The minimum Gasteiger partial charge on any atom is -0.490 e. The average Bonchev–Trinajstić information content (AvgIpc) is 3.01. The van der Waals surface area contributed by atoms with E-state index in [4.69, 9.17) is 9.47 Å². The van der Waals surface area contributed by atoms with Gasteiger partial charge in [-0.3, -0.25) is 9.59 Å². The van der Waals surface area contributed by atoms with Gasteiger partial charge in [0.05, 0.1) is 29.3 Å². The van der Waals surface area contributed by atoms with Crippen LogP contribution in [0.5, 0.6) is 11.5 Å². The molecule has 44 heavy (non-hydrogen) atoms. The van der Waals surface area contributed by atoms with Gasteiger partial charge in [0, 0.05) is 11.3 Å². The minimum absolute atomic E-state index is 0.0550. The molecule has 0 aliphatic heterocycles. The lowest BCUT2D eigenvalue weighted by molar-refractivity contribution is -0.137. The fourth-order valence-electron chi connectivity index (χ4n) is 4.35.